The summed E-state index contributed by atoms with van der Waals surface area (Å²) in [6.07, 6.45) is 0. The summed E-state index contributed by atoms with van der Waals surface area (Å²) in [4.78, 5) is 26.0. The monoisotopic (exact) mass is 433 g/mol. The second-order valence-electron chi connectivity index (χ2n) is 6.75. The van der Waals surface area contributed by atoms with Crippen molar-refractivity contribution >= 4 is 17.5 Å². The lowest BCUT2D eigenvalue weighted by Crippen LogP contribution is -2.38. The molecule has 2 aromatic carbocycles. The molecule has 3 N–H and O–H groups in total. The summed E-state index contributed by atoms with van der Waals surface area (Å²) in [6, 6.07) is 9.12. The van der Waals surface area contributed by atoms with Crippen LogP contribution in [0.2, 0.25) is 0 Å². The quantitative estimate of drug-likeness (QED) is 0.427. The Morgan fingerprint density at radius 1 is 1.16 bits per heavy atom. The average molecular weight is 433 g/mol. The third kappa shape index (κ3) is 5.83. The van der Waals surface area contributed by atoms with Gasteiger partial charge in [0.2, 0.25) is 0 Å². The third-order valence-electron chi connectivity index (χ3n) is 4.72. The Balaban J connectivity index is 1.72. The minimum absolute atomic E-state index is 0.143. The standard InChI is InChI=1S/C21H24FN3O6/c1-29-18-5-2-14(10-19(18)31-13-20(26)24-28)12-23-21(27)16-11-15(22)3-4-17(16)25-6-8-30-9-7-25/h2-5,10-11,28H,6-9,12-13H2,1H3,(H,23,27)(H,24,26). The fraction of sp³-hybridized carbons (Fsp3) is 0.333. The molecule has 0 spiro atoms. The number of hydrogen-bond donors (Lipinski definition) is 3. The van der Waals surface area contributed by atoms with E-state index in [1.165, 1.54) is 24.7 Å². The van der Waals surface area contributed by atoms with Gasteiger partial charge in [0.1, 0.15) is 5.82 Å². The molecule has 0 radical (unpaired) electrons. The van der Waals surface area contributed by atoms with Gasteiger partial charge in [-0.15, -0.1) is 0 Å². The van der Waals surface area contributed by atoms with Gasteiger partial charge in [0.25, 0.3) is 11.8 Å². The molecule has 2 aromatic rings. The van der Waals surface area contributed by atoms with Crippen molar-refractivity contribution in [1.29, 1.82) is 0 Å². The van der Waals surface area contributed by atoms with E-state index in [0.29, 0.717) is 43.3 Å². The Bertz CT molecular complexity index is 933. The molecule has 1 saturated heterocycles. The summed E-state index contributed by atoms with van der Waals surface area (Å²) < 4.78 is 29.7. The lowest BCUT2D eigenvalue weighted by Gasteiger charge is -2.30. The maximum Gasteiger partial charge on any atom is 0.281 e. The average Bonchev–Trinajstić information content (AvgIpc) is 2.81. The molecule has 1 fully saturated rings. The molecule has 0 aromatic heterocycles. The van der Waals surface area contributed by atoms with Crippen LogP contribution in [0.1, 0.15) is 15.9 Å². The van der Waals surface area contributed by atoms with Gasteiger partial charge < -0.3 is 24.4 Å². The fourth-order valence-electron chi connectivity index (χ4n) is 3.17. The molecule has 1 heterocycles. The Morgan fingerprint density at radius 2 is 1.94 bits per heavy atom. The van der Waals surface area contributed by atoms with Crippen LogP contribution in [0.5, 0.6) is 11.5 Å². The highest BCUT2D eigenvalue weighted by molar-refractivity contribution is 5.99. The van der Waals surface area contributed by atoms with Crippen LogP contribution in [0.15, 0.2) is 36.4 Å². The summed E-state index contributed by atoms with van der Waals surface area (Å²) in [5.74, 6) is -0.968. The van der Waals surface area contributed by atoms with E-state index in [2.05, 4.69) is 5.32 Å². The summed E-state index contributed by atoms with van der Waals surface area (Å²) in [6.45, 7) is 2.06. The molecular formula is C21H24FN3O6. The van der Waals surface area contributed by atoms with Crippen molar-refractivity contribution < 1.29 is 33.4 Å². The number of benzene rings is 2. The molecule has 10 heteroatoms. The fourth-order valence-corrected chi connectivity index (χ4v) is 3.17. The third-order valence-corrected chi connectivity index (χ3v) is 4.72. The number of nitrogens with zero attached hydrogens (tertiary/aromatic N) is 1. The largest absolute Gasteiger partial charge is 0.493 e. The first-order valence-electron chi connectivity index (χ1n) is 9.65. The number of carbonyl (C=O) groups is 2. The molecule has 0 unspecified atom stereocenters. The number of hydrogen-bond acceptors (Lipinski definition) is 7. The zero-order chi connectivity index (χ0) is 22.2. The van der Waals surface area contributed by atoms with Crippen molar-refractivity contribution in [2.24, 2.45) is 0 Å². The first kappa shape index (κ1) is 22.3. The van der Waals surface area contributed by atoms with Crippen LogP contribution in [0, 0.1) is 5.82 Å². The number of nitrogens with one attached hydrogen (secondary N) is 2. The second kappa shape index (κ2) is 10.6. The Labute approximate surface area is 178 Å². The molecule has 0 saturated carbocycles. The zero-order valence-electron chi connectivity index (χ0n) is 17.0. The summed E-state index contributed by atoms with van der Waals surface area (Å²) in [7, 11) is 1.45. The molecular weight excluding hydrogens is 409 g/mol. The maximum absolute atomic E-state index is 13.8. The minimum atomic E-state index is -0.720. The highest BCUT2D eigenvalue weighted by Crippen LogP contribution is 2.28. The highest BCUT2D eigenvalue weighted by atomic mass is 19.1. The van der Waals surface area contributed by atoms with E-state index in [0.717, 1.165) is 0 Å². The number of anilines is 1. The van der Waals surface area contributed by atoms with E-state index >= 15 is 0 Å². The van der Waals surface area contributed by atoms with Crippen LogP contribution in [-0.4, -0.2) is 57.0 Å². The normalized spacial score (nSPS) is 13.5. The number of methoxy groups -OCH3 is 1. The number of rotatable bonds is 8. The van der Waals surface area contributed by atoms with E-state index in [1.807, 2.05) is 4.90 Å². The van der Waals surface area contributed by atoms with Gasteiger partial charge in [0, 0.05) is 25.3 Å². The molecule has 0 bridgehead atoms. The molecule has 0 atom stereocenters. The topological polar surface area (TPSA) is 109 Å². The van der Waals surface area contributed by atoms with Gasteiger partial charge in [-0.05, 0) is 35.9 Å². The highest BCUT2D eigenvalue weighted by Gasteiger charge is 2.20. The minimum Gasteiger partial charge on any atom is -0.493 e. The number of amides is 2. The first-order chi connectivity index (χ1) is 15.0. The molecule has 0 aliphatic carbocycles. The SMILES string of the molecule is COc1ccc(CNC(=O)c2cc(F)ccc2N2CCOCC2)cc1OCC(=O)NO. The van der Waals surface area contributed by atoms with Crippen molar-refractivity contribution in [2.45, 2.75) is 6.54 Å². The van der Waals surface area contributed by atoms with Crippen LogP contribution in [0.25, 0.3) is 0 Å². The van der Waals surface area contributed by atoms with Gasteiger partial charge in [-0.25, -0.2) is 9.87 Å². The van der Waals surface area contributed by atoms with E-state index < -0.39 is 24.2 Å². The number of halogens is 1. The Hall–Kier alpha value is -3.37. The summed E-state index contributed by atoms with van der Waals surface area (Å²) in [5, 5.41) is 11.4. The first-order valence-corrected chi connectivity index (χ1v) is 9.65. The predicted octanol–water partition coefficient (Wildman–Crippen LogP) is 1.49. The maximum atomic E-state index is 13.8. The Kier molecular flexibility index (Phi) is 7.63. The van der Waals surface area contributed by atoms with Gasteiger partial charge in [-0.3, -0.25) is 14.8 Å². The van der Waals surface area contributed by atoms with Crippen LogP contribution >= 0.6 is 0 Å². The van der Waals surface area contributed by atoms with Gasteiger partial charge in [0.15, 0.2) is 18.1 Å². The molecule has 3 rings (SSSR count). The predicted molar refractivity (Wildman–Crippen MR) is 109 cm³/mol. The van der Waals surface area contributed by atoms with Crippen molar-refractivity contribution in [3.8, 4) is 11.5 Å². The summed E-state index contributed by atoms with van der Waals surface area (Å²) >= 11 is 0. The van der Waals surface area contributed by atoms with Crippen LogP contribution in [0.3, 0.4) is 0 Å². The van der Waals surface area contributed by atoms with Crippen molar-refractivity contribution in [3.05, 3.63) is 53.3 Å². The van der Waals surface area contributed by atoms with Crippen LogP contribution in [0.4, 0.5) is 10.1 Å². The smallest absolute Gasteiger partial charge is 0.281 e. The summed E-state index contributed by atoms with van der Waals surface area (Å²) in [5.41, 5.74) is 3.05. The Morgan fingerprint density at radius 3 is 2.65 bits per heavy atom. The van der Waals surface area contributed by atoms with Gasteiger partial charge in [0.05, 0.1) is 25.9 Å². The van der Waals surface area contributed by atoms with Crippen LogP contribution < -0.4 is 25.2 Å². The van der Waals surface area contributed by atoms with Gasteiger partial charge in [-0.1, -0.05) is 6.07 Å². The molecule has 166 valence electrons. The zero-order valence-corrected chi connectivity index (χ0v) is 17.0. The number of morpholine rings is 1. The number of hydroxylamine groups is 1. The molecule has 2 amide bonds. The van der Waals surface area contributed by atoms with Crippen molar-refractivity contribution in [2.75, 3.05) is 44.9 Å². The molecule has 31 heavy (non-hydrogen) atoms. The molecule has 1 aliphatic rings. The van der Waals surface area contributed by atoms with Gasteiger partial charge >= 0.3 is 0 Å². The van der Waals surface area contributed by atoms with Crippen LogP contribution in [-0.2, 0) is 16.1 Å². The molecule has 1 aliphatic heterocycles. The number of ether oxygens (including phenoxy) is 3. The van der Waals surface area contributed by atoms with E-state index in [-0.39, 0.29) is 17.9 Å². The van der Waals surface area contributed by atoms with Crippen molar-refractivity contribution in [1.82, 2.24) is 10.8 Å². The molecule has 9 nitrogen and oxygen atoms in total. The second-order valence-corrected chi connectivity index (χ2v) is 6.75. The lowest BCUT2D eigenvalue weighted by atomic mass is 10.1. The van der Waals surface area contributed by atoms with E-state index in [4.69, 9.17) is 19.4 Å². The van der Waals surface area contributed by atoms with Gasteiger partial charge in [-0.2, -0.15) is 0 Å². The van der Waals surface area contributed by atoms with E-state index in [9.17, 15) is 14.0 Å². The number of carbonyl (C=O) groups excluding carboxylic acids is 2. The lowest BCUT2D eigenvalue weighted by molar-refractivity contribution is -0.131. The van der Waals surface area contributed by atoms with Crippen molar-refractivity contribution in [3.63, 3.8) is 0 Å². The van der Waals surface area contributed by atoms with E-state index in [1.54, 1.807) is 24.3 Å².